The largest absolute Gasteiger partial charge is 0.350 e. The molecular weight excluding hydrogens is 314 g/mol. The van der Waals surface area contributed by atoms with Crippen molar-refractivity contribution in [2.75, 3.05) is 11.9 Å². The minimum absolute atomic E-state index is 0.169. The van der Waals surface area contributed by atoms with Crippen molar-refractivity contribution in [2.45, 2.75) is 32.2 Å². The van der Waals surface area contributed by atoms with E-state index in [4.69, 9.17) is 5.73 Å². The van der Waals surface area contributed by atoms with Gasteiger partial charge in [0.1, 0.15) is 0 Å². The second-order valence-electron chi connectivity index (χ2n) is 6.15. The van der Waals surface area contributed by atoms with Crippen molar-refractivity contribution in [1.29, 1.82) is 0 Å². The monoisotopic (exact) mass is 339 g/mol. The molecule has 2 rings (SSSR count). The number of rotatable bonds is 7. The summed E-state index contributed by atoms with van der Waals surface area (Å²) in [7, 11) is 0. The van der Waals surface area contributed by atoms with E-state index >= 15 is 0 Å². The number of anilines is 1. The molecule has 2 aromatic carbocycles. The quantitative estimate of drug-likeness (QED) is 0.724. The van der Waals surface area contributed by atoms with Gasteiger partial charge in [-0.25, -0.2) is 0 Å². The summed E-state index contributed by atoms with van der Waals surface area (Å²) in [6.45, 7) is 4.46. The highest BCUT2D eigenvalue weighted by molar-refractivity contribution is 6.04. The molecule has 0 atom stereocenters. The Morgan fingerprint density at radius 2 is 1.44 bits per heavy atom. The van der Waals surface area contributed by atoms with E-state index in [9.17, 15) is 9.59 Å². The number of carbonyl (C=O) groups excluding carboxylic acids is 2. The minimum Gasteiger partial charge on any atom is -0.350 e. The summed E-state index contributed by atoms with van der Waals surface area (Å²) in [5, 5.41) is 5.68. The molecule has 2 aromatic rings. The van der Waals surface area contributed by atoms with E-state index in [2.05, 4.69) is 10.6 Å². The van der Waals surface area contributed by atoms with Gasteiger partial charge in [0.25, 0.3) is 11.8 Å². The van der Waals surface area contributed by atoms with Crippen LogP contribution in [0.3, 0.4) is 0 Å². The van der Waals surface area contributed by atoms with Gasteiger partial charge in [-0.15, -0.1) is 0 Å². The van der Waals surface area contributed by atoms with Crippen molar-refractivity contribution >= 4 is 17.5 Å². The average molecular weight is 339 g/mol. The minimum atomic E-state index is -0.376. The fraction of sp³-hybridized carbons (Fsp3) is 0.300. The smallest absolute Gasteiger partial charge is 0.255 e. The summed E-state index contributed by atoms with van der Waals surface area (Å²) < 4.78 is 0. The Kier molecular flexibility index (Phi) is 6.31. The number of nitrogens with two attached hydrogens (primary N) is 1. The highest BCUT2D eigenvalue weighted by Crippen LogP contribution is 2.13. The number of hydrogen-bond donors (Lipinski definition) is 3. The summed E-state index contributed by atoms with van der Waals surface area (Å²) in [6, 6.07) is 15.8. The maximum Gasteiger partial charge on any atom is 0.255 e. The lowest BCUT2D eigenvalue weighted by molar-refractivity contribution is 0.0941. The normalized spacial score (nSPS) is 11.0. The molecule has 0 saturated carbocycles. The molecule has 2 amide bonds. The molecule has 132 valence electrons. The third-order valence-corrected chi connectivity index (χ3v) is 4.45. The van der Waals surface area contributed by atoms with Crippen molar-refractivity contribution in [3.05, 3.63) is 65.7 Å². The van der Waals surface area contributed by atoms with Gasteiger partial charge in [0.15, 0.2) is 0 Å². The number of benzene rings is 2. The molecule has 0 heterocycles. The first-order valence-corrected chi connectivity index (χ1v) is 8.51. The predicted molar refractivity (Wildman–Crippen MR) is 101 cm³/mol. The Hall–Kier alpha value is -2.66. The SMILES string of the molecule is CCC(N)(CC)CNC(=O)c1ccc(NC(=O)c2ccccc2)cc1. The van der Waals surface area contributed by atoms with Crippen LogP contribution >= 0.6 is 0 Å². The van der Waals surface area contributed by atoms with Gasteiger partial charge < -0.3 is 16.4 Å². The van der Waals surface area contributed by atoms with Gasteiger partial charge in [0, 0.05) is 28.9 Å². The van der Waals surface area contributed by atoms with Crippen LogP contribution in [0.1, 0.15) is 47.4 Å². The van der Waals surface area contributed by atoms with E-state index in [1.54, 1.807) is 36.4 Å². The van der Waals surface area contributed by atoms with Crippen LogP contribution in [0.2, 0.25) is 0 Å². The molecule has 0 aliphatic rings. The lowest BCUT2D eigenvalue weighted by Gasteiger charge is -2.26. The van der Waals surface area contributed by atoms with Crippen molar-refractivity contribution in [1.82, 2.24) is 5.32 Å². The van der Waals surface area contributed by atoms with Crippen LogP contribution in [0.4, 0.5) is 5.69 Å². The molecule has 0 aliphatic heterocycles. The molecule has 0 aromatic heterocycles. The molecule has 0 unspecified atom stereocenters. The van der Waals surface area contributed by atoms with Gasteiger partial charge in [0.05, 0.1) is 0 Å². The van der Waals surface area contributed by atoms with E-state index in [-0.39, 0.29) is 17.4 Å². The van der Waals surface area contributed by atoms with E-state index in [1.165, 1.54) is 0 Å². The van der Waals surface area contributed by atoms with Crippen molar-refractivity contribution in [3.63, 3.8) is 0 Å². The fourth-order valence-corrected chi connectivity index (χ4v) is 2.36. The van der Waals surface area contributed by atoms with Crippen LogP contribution in [0.25, 0.3) is 0 Å². The van der Waals surface area contributed by atoms with Crippen LogP contribution in [0, 0.1) is 0 Å². The zero-order valence-corrected chi connectivity index (χ0v) is 14.7. The highest BCUT2D eigenvalue weighted by Gasteiger charge is 2.21. The molecular formula is C20H25N3O2. The number of hydrogen-bond acceptors (Lipinski definition) is 3. The summed E-state index contributed by atoms with van der Waals surface area (Å²) in [5.74, 6) is -0.353. The molecule has 0 fully saturated rings. The maximum atomic E-state index is 12.2. The zero-order valence-electron chi connectivity index (χ0n) is 14.7. The predicted octanol–water partition coefficient (Wildman–Crippen LogP) is 3.19. The van der Waals surface area contributed by atoms with E-state index < -0.39 is 0 Å². The van der Waals surface area contributed by atoms with E-state index in [1.807, 2.05) is 32.0 Å². The van der Waals surface area contributed by atoms with Crippen LogP contribution < -0.4 is 16.4 Å². The van der Waals surface area contributed by atoms with Gasteiger partial charge in [-0.1, -0.05) is 32.0 Å². The second kappa shape index (κ2) is 8.44. The van der Waals surface area contributed by atoms with Gasteiger partial charge in [-0.3, -0.25) is 9.59 Å². The van der Waals surface area contributed by atoms with Crippen molar-refractivity contribution in [3.8, 4) is 0 Å². The Morgan fingerprint density at radius 1 is 0.880 bits per heavy atom. The average Bonchev–Trinajstić information content (AvgIpc) is 2.67. The van der Waals surface area contributed by atoms with Crippen LogP contribution in [-0.2, 0) is 0 Å². The first kappa shape index (κ1) is 18.7. The number of carbonyl (C=O) groups is 2. The Labute approximate surface area is 148 Å². The standard InChI is InChI=1S/C20H25N3O2/c1-3-20(21,4-2)14-22-18(24)16-10-12-17(13-11-16)23-19(25)15-8-6-5-7-9-15/h5-13H,3-4,14,21H2,1-2H3,(H,22,24)(H,23,25). The molecule has 0 spiro atoms. The van der Waals surface area contributed by atoms with Crippen LogP contribution in [-0.4, -0.2) is 23.9 Å². The molecule has 25 heavy (non-hydrogen) atoms. The van der Waals surface area contributed by atoms with E-state index in [0.29, 0.717) is 23.4 Å². The summed E-state index contributed by atoms with van der Waals surface area (Å²) in [6.07, 6.45) is 1.60. The van der Waals surface area contributed by atoms with Crippen LogP contribution in [0.5, 0.6) is 0 Å². The van der Waals surface area contributed by atoms with E-state index in [0.717, 1.165) is 12.8 Å². The summed E-state index contributed by atoms with van der Waals surface area (Å²) in [4.78, 5) is 24.3. The maximum absolute atomic E-state index is 12.2. The second-order valence-corrected chi connectivity index (χ2v) is 6.15. The topological polar surface area (TPSA) is 84.2 Å². The van der Waals surface area contributed by atoms with Crippen LogP contribution in [0.15, 0.2) is 54.6 Å². The number of amides is 2. The molecule has 0 bridgehead atoms. The van der Waals surface area contributed by atoms with Gasteiger partial charge >= 0.3 is 0 Å². The first-order valence-electron chi connectivity index (χ1n) is 8.51. The first-order chi connectivity index (χ1) is 12.0. The van der Waals surface area contributed by atoms with Crippen molar-refractivity contribution < 1.29 is 9.59 Å². The third-order valence-electron chi connectivity index (χ3n) is 4.45. The Balaban J connectivity index is 1.95. The molecule has 0 saturated heterocycles. The summed E-state index contributed by atoms with van der Waals surface area (Å²) >= 11 is 0. The molecule has 4 N–H and O–H groups in total. The molecule has 5 nitrogen and oxygen atoms in total. The lowest BCUT2D eigenvalue weighted by atomic mass is 9.94. The molecule has 0 aliphatic carbocycles. The lowest BCUT2D eigenvalue weighted by Crippen LogP contribution is -2.49. The fourth-order valence-electron chi connectivity index (χ4n) is 2.36. The highest BCUT2D eigenvalue weighted by atomic mass is 16.2. The molecule has 0 radical (unpaired) electrons. The van der Waals surface area contributed by atoms with Gasteiger partial charge in [0.2, 0.25) is 0 Å². The van der Waals surface area contributed by atoms with Gasteiger partial charge in [-0.05, 0) is 49.2 Å². The zero-order chi connectivity index (χ0) is 18.3. The summed E-state index contributed by atoms with van der Waals surface area (Å²) in [5.41, 5.74) is 7.58. The Morgan fingerprint density at radius 3 is 2.00 bits per heavy atom. The van der Waals surface area contributed by atoms with Gasteiger partial charge in [-0.2, -0.15) is 0 Å². The third kappa shape index (κ3) is 5.16. The molecule has 5 heteroatoms. The van der Waals surface area contributed by atoms with Crippen molar-refractivity contribution in [2.24, 2.45) is 5.73 Å². The number of nitrogens with one attached hydrogen (secondary N) is 2. The Bertz CT molecular complexity index is 707.